The summed E-state index contributed by atoms with van der Waals surface area (Å²) in [6.45, 7) is 5.21. The average molecular weight is 287 g/mol. The van der Waals surface area contributed by atoms with Crippen molar-refractivity contribution < 1.29 is 13.9 Å². The molecule has 4 nitrogen and oxygen atoms in total. The Morgan fingerprint density at radius 1 is 1.24 bits per heavy atom. The molecule has 0 aliphatic rings. The van der Waals surface area contributed by atoms with Gasteiger partial charge in [0, 0.05) is 12.1 Å². The number of nitrogens with one attached hydrogen (secondary N) is 1. The summed E-state index contributed by atoms with van der Waals surface area (Å²) in [5.74, 6) is 1.47. The maximum absolute atomic E-state index is 12.1. The second-order valence-electron chi connectivity index (χ2n) is 5.32. The molecular formula is C17H21NO3. The standard InChI is InChI=1S/C17H21NO3/c1-13(2)8-10-18-17(19)16-14(9-11-20-16)12-21-15-6-4-3-5-7-15/h3-7,9,11,13H,8,10,12H2,1-2H3,(H,18,19). The van der Waals surface area contributed by atoms with Crippen molar-refractivity contribution in [2.75, 3.05) is 6.54 Å². The molecule has 0 saturated heterocycles. The molecule has 1 aromatic carbocycles. The lowest BCUT2D eigenvalue weighted by atomic mass is 10.1. The molecule has 1 aromatic heterocycles. The van der Waals surface area contributed by atoms with Gasteiger partial charge in [-0.25, -0.2) is 0 Å². The molecular weight excluding hydrogens is 266 g/mol. The number of para-hydroxylation sites is 1. The molecule has 4 heteroatoms. The third-order valence-corrected chi connectivity index (χ3v) is 3.10. The zero-order chi connectivity index (χ0) is 15.1. The largest absolute Gasteiger partial charge is 0.489 e. The van der Waals surface area contributed by atoms with Gasteiger partial charge in [-0.15, -0.1) is 0 Å². The first-order valence-corrected chi connectivity index (χ1v) is 7.19. The molecule has 0 fully saturated rings. The third kappa shape index (κ3) is 4.67. The van der Waals surface area contributed by atoms with Gasteiger partial charge in [0.2, 0.25) is 0 Å². The lowest BCUT2D eigenvalue weighted by Gasteiger charge is -2.08. The van der Waals surface area contributed by atoms with Gasteiger partial charge >= 0.3 is 0 Å². The Balaban J connectivity index is 1.90. The zero-order valence-corrected chi connectivity index (χ0v) is 12.5. The van der Waals surface area contributed by atoms with E-state index >= 15 is 0 Å². The van der Waals surface area contributed by atoms with Crippen LogP contribution in [-0.2, 0) is 6.61 Å². The number of amides is 1. The molecule has 0 unspecified atom stereocenters. The van der Waals surface area contributed by atoms with Crippen molar-refractivity contribution in [1.29, 1.82) is 0 Å². The van der Waals surface area contributed by atoms with Gasteiger partial charge in [0.25, 0.3) is 5.91 Å². The highest BCUT2D eigenvalue weighted by Gasteiger charge is 2.15. The fourth-order valence-electron chi connectivity index (χ4n) is 1.88. The summed E-state index contributed by atoms with van der Waals surface area (Å²) in [4.78, 5) is 12.1. The van der Waals surface area contributed by atoms with Crippen LogP contribution in [0.1, 0.15) is 36.4 Å². The molecule has 2 aromatic rings. The summed E-state index contributed by atoms with van der Waals surface area (Å²) in [7, 11) is 0. The Morgan fingerprint density at radius 2 is 2.00 bits per heavy atom. The first-order valence-electron chi connectivity index (χ1n) is 7.19. The van der Waals surface area contributed by atoms with E-state index in [2.05, 4.69) is 19.2 Å². The molecule has 1 heterocycles. The monoisotopic (exact) mass is 287 g/mol. The molecule has 0 bridgehead atoms. The molecule has 1 amide bonds. The number of hydrogen-bond acceptors (Lipinski definition) is 3. The predicted molar refractivity (Wildman–Crippen MR) is 81.3 cm³/mol. The quantitative estimate of drug-likeness (QED) is 0.846. The highest BCUT2D eigenvalue weighted by atomic mass is 16.5. The normalized spacial score (nSPS) is 10.6. The number of carbonyl (C=O) groups is 1. The fraction of sp³-hybridized carbons (Fsp3) is 0.353. The topological polar surface area (TPSA) is 51.5 Å². The molecule has 0 spiro atoms. The summed E-state index contributed by atoms with van der Waals surface area (Å²) in [5.41, 5.74) is 0.751. The molecule has 0 saturated carbocycles. The van der Waals surface area contributed by atoms with E-state index in [1.165, 1.54) is 6.26 Å². The van der Waals surface area contributed by atoms with Crippen LogP contribution in [0.15, 0.2) is 47.1 Å². The van der Waals surface area contributed by atoms with Crippen molar-refractivity contribution >= 4 is 5.91 Å². The second-order valence-corrected chi connectivity index (χ2v) is 5.32. The van der Waals surface area contributed by atoms with Gasteiger partial charge in [-0.3, -0.25) is 4.79 Å². The van der Waals surface area contributed by atoms with Crippen molar-refractivity contribution in [3.8, 4) is 5.75 Å². The van der Waals surface area contributed by atoms with Crippen molar-refractivity contribution in [3.05, 3.63) is 54.0 Å². The van der Waals surface area contributed by atoms with Crippen LogP contribution in [0.5, 0.6) is 5.75 Å². The smallest absolute Gasteiger partial charge is 0.287 e. The summed E-state index contributed by atoms with van der Waals surface area (Å²) in [5, 5.41) is 2.87. The van der Waals surface area contributed by atoms with Gasteiger partial charge in [-0.05, 0) is 30.5 Å². The molecule has 0 aliphatic carbocycles. The summed E-state index contributed by atoms with van der Waals surface area (Å²) in [6.07, 6.45) is 2.46. The van der Waals surface area contributed by atoms with Crippen LogP contribution < -0.4 is 10.1 Å². The Morgan fingerprint density at radius 3 is 2.71 bits per heavy atom. The molecule has 112 valence electrons. The Kier molecular flexibility index (Phi) is 5.43. The van der Waals surface area contributed by atoms with Gasteiger partial charge in [0.15, 0.2) is 5.76 Å². The Hall–Kier alpha value is -2.23. The number of rotatable bonds is 7. The van der Waals surface area contributed by atoms with Crippen molar-refractivity contribution in [2.45, 2.75) is 26.9 Å². The maximum atomic E-state index is 12.1. The average Bonchev–Trinajstić information content (AvgIpc) is 2.94. The number of furan rings is 1. The Labute approximate surface area is 125 Å². The predicted octanol–water partition coefficient (Wildman–Crippen LogP) is 3.63. The highest BCUT2D eigenvalue weighted by molar-refractivity contribution is 5.92. The van der Waals surface area contributed by atoms with E-state index < -0.39 is 0 Å². The molecule has 1 N–H and O–H groups in total. The molecule has 0 atom stereocenters. The highest BCUT2D eigenvalue weighted by Crippen LogP contribution is 2.15. The van der Waals surface area contributed by atoms with Crippen molar-refractivity contribution in [2.24, 2.45) is 5.92 Å². The van der Waals surface area contributed by atoms with Crippen LogP contribution in [0, 0.1) is 5.92 Å². The third-order valence-electron chi connectivity index (χ3n) is 3.10. The van der Waals surface area contributed by atoms with E-state index in [1.54, 1.807) is 6.07 Å². The van der Waals surface area contributed by atoms with Crippen LogP contribution in [0.4, 0.5) is 0 Å². The number of benzene rings is 1. The zero-order valence-electron chi connectivity index (χ0n) is 12.5. The van der Waals surface area contributed by atoms with Gasteiger partial charge in [0.1, 0.15) is 12.4 Å². The first-order chi connectivity index (χ1) is 10.2. The molecule has 0 aliphatic heterocycles. The van der Waals surface area contributed by atoms with E-state index in [0.717, 1.165) is 17.7 Å². The van der Waals surface area contributed by atoms with E-state index in [4.69, 9.17) is 9.15 Å². The number of hydrogen-bond donors (Lipinski definition) is 1. The minimum atomic E-state index is -0.188. The molecule has 21 heavy (non-hydrogen) atoms. The lowest BCUT2D eigenvalue weighted by molar-refractivity contribution is 0.0921. The van der Waals surface area contributed by atoms with Gasteiger partial charge in [-0.1, -0.05) is 32.0 Å². The van der Waals surface area contributed by atoms with Crippen LogP contribution in [0.2, 0.25) is 0 Å². The number of ether oxygens (including phenoxy) is 1. The SMILES string of the molecule is CC(C)CCNC(=O)c1occc1COc1ccccc1. The first kappa shape index (κ1) is 15.2. The fourth-order valence-corrected chi connectivity index (χ4v) is 1.88. The second kappa shape index (κ2) is 7.53. The van der Waals surface area contributed by atoms with Crippen LogP contribution in [0.25, 0.3) is 0 Å². The summed E-state index contributed by atoms with van der Waals surface area (Å²) >= 11 is 0. The van der Waals surface area contributed by atoms with Gasteiger partial charge in [-0.2, -0.15) is 0 Å². The van der Waals surface area contributed by atoms with Gasteiger partial charge in [0.05, 0.1) is 6.26 Å². The van der Waals surface area contributed by atoms with Crippen LogP contribution in [-0.4, -0.2) is 12.5 Å². The minimum Gasteiger partial charge on any atom is -0.489 e. The van der Waals surface area contributed by atoms with E-state index in [9.17, 15) is 4.79 Å². The van der Waals surface area contributed by atoms with Crippen LogP contribution in [0.3, 0.4) is 0 Å². The lowest BCUT2D eigenvalue weighted by Crippen LogP contribution is -2.26. The van der Waals surface area contributed by atoms with E-state index in [0.29, 0.717) is 24.8 Å². The molecule has 0 radical (unpaired) electrons. The van der Waals surface area contributed by atoms with E-state index in [-0.39, 0.29) is 5.91 Å². The van der Waals surface area contributed by atoms with Gasteiger partial charge < -0.3 is 14.5 Å². The Bertz CT molecular complexity index is 560. The summed E-state index contributed by atoms with van der Waals surface area (Å²) in [6, 6.07) is 11.3. The van der Waals surface area contributed by atoms with Crippen molar-refractivity contribution in [1.82, 2.24) is 5.32 Å². The maximum Gasteiger partial charge on any atom is 0.287 e. The summed E-state index contributed by atoms with van der Waals surface area (Å²) < 4.78 is 10.9. The minimum absolute atomic E-state index is 0.188. The van der Waals surface area contributed by atoms with E-state index in [1.807, 2.05) is 30.3 Å². The number of carbonyl (C=O) groups excluding carboxylic acids is 1. The van der Waals surface area contributed by atoms with Crippen LogP contribution >= 0.6 is 0 Å². The van der Waals surface area contributed by atoms with Crippen molar-refractivity contribution in [3.63, 3.8) is 0 Å². The molecule has 2 rings (SSSR count).